The molecule has 0 spiro atoms. The van der Waals surface area contributed by atoms with E-state index in [-0.39, 0.29) is 12.0 Å². The van der Waals surface area contributed by atoms with Crippen molar-refractivity contribution in [2.75, 3.05) is 13.2 Å². The van der Waals surface area contributed by atoms with E-state index < -0.39 is 0 Å². The van der Waals surface area contributed by atoms with Crippen LogP contribution in [0.2, 0.25) is 0 Å². The first-order valence-corrected chi connectivity index (χ1v) is 8.84. The molecule has 2 N–H and O–H groups in total. The normalized spacial score (nSPS) is 15.8. The number of para-hydroxylation sites is 2. The maximum Gasteiger partial charge on any atom is 0.267 e. The Morgan fingerprint density at radius 2 is 2.24 bits per heavy atom. The summed E-state index contributed by atoms with van der Waals surface area (Å²) >= 11 is 1.58. The maximum atomic E-state index is 12.3. The van der Waals surface area contributed by atoms with E-state index in [1.807, 2.05) is 36.6 Å². The summed E-state index contributed by atoms with van der Waals surface area (Å²) in [5.41, 5.74) is 2.27. The van der Waals surface area contributed by atoms with Crippen molar-refractivity contribution >= 4 is 17.2 Å². The van der Waals surface area contributed by atoms with Crippen molar-refractivity contribution in [2.24, 2.45) is 0 Å². The Balaban J connectivity index is 1.36. The van der Waals surface area contributed by atoms with E-state index in [9.17, 15) is 4.79 Å². The number of aromatic nitrogens is 2. The Hall–Kier alpha value is -2.80. The molecule has 2 aromatic heterocycles. The molecule has 1 amide bonds. The topological polar surface area (TPSA) is 76.2 Å². The number of thiazole rings is 1. The minimum Gasteiger partial charge on any atom is -0.486 e. The van der Waals surface area contributed by atoms with Crippen molar-refractivity contribution < 1.29 is 14.3 Å². The molecule has 7 heteroatoms. The zero-order chi connectivity index (χ0) is 17.2. The summed E-state index contributed by atoms with van der Waals surface area (Å²) in [6.45, 7) is 2.74. The van der Waals surface area contributed by atoms with Gasteiger partial charge in [-0.25, -0.2) is 4.98 Å². The molecule has 1 aromatic carbocycles. The zero-order valence-corrected chi connectivity index (χ0v) is 14.4. The second kappa shape index (κ2) is 6.60. The molecular weight excluding hydrogens is 338 g/mol. The third-order valence-corrected chi connectivity index (χ3v) is 4.67. The van der Waals surface area contributed by atoms with Gasteiger partial charge in [0.15, 0.2) is 11.5 Å². The van der Waals surface area contributed by atoms with Gasteiger partial charge in [0.1, 0.15) is 18.4 Å². The molecule has 128 valence electrons. The zero-order valence-electron chi connectivity index (χ0n) is 13.6. The molecule has 0 aliphatic carbocycles. The Morgan fingerprint density at radius 3 is 3.04 bits per heavy atom. The number of aromatic amines is 1. The van der Waals surface area contributed by atoms with Crippen LogP contribution in [0.4, 0.5) is 0 Å². The molecule has 1 aliphatic rings. The molecule has 1 atom stereocenters. The molecule has 4 rings (SSSR count). The summed E-state index contributed by atoms with van der Waals surface area (Å²) in [5.74, 6) is 1.26. The van der Waals surface area contributed by atoms with Crippen LogP contribution in [0.1, 0.15) is 15.5 Å². The summed E-state index contributed by atoms with van der Waals surface area (Å²) in [6.07, 6.45) is 1.58. The molecule has 3 heterocycles. The number of aryl methyl sites for hydroxylation is 1. The van der Waals surface area contributed by atoms with Crippen molar-refractivity contribution in [2.45, 2.75) is 13.0 Å². The molecule has 1 unspecified atom stereocenters. The number of rotatable bonds is 4. The lowest BCUT2D eigenvalue weighted by atomic mass is 10.2. The lowest BCUT2D eigenvalue weighted by molar-refractivity contribution is 0.0787. The summed E-state index contributed by atoms with van der Waals surface area (Å²) in [7, 11) is 0. The van der Waals surface area contributed by atoms with Crippen LogP contribution in [0.15, 0.2) is 41.9 Å². The molecule has 25 heavy (non-hydrogen) atoms. The van der Waals surface area contributed by atoms with Gasteiger partial charge in [-0.3, -0.25) is 4.79 Å². The van der Waals surface area contributed by atoms with Crippen LogP contribution in [-0.2, 0) is 0 Å². The highest BCUT2D eigenvalue weighted by atomic mass is 32.1. The second-order valence-corrected chi connectivity index (χ2v) is 6.82. The number of H-pyrrole nitrogens is 1. The monoisotopic (exact) mass is 355 g/mol. The van der Waals surface area contributed by atoms with E-state index in [4.69, 9.17) is 9.47 Å². The van der Waals surface area contributed by atoms with Crippen LogP contribution in [-0.4, -0.2) is 35.1 Å². The number of hydrogen-bond donors (Lipinski definition) is 2. The van der Waals surface area contributed by atoms with Crippen molar-refractivity contribution in [1.82, 2.24) is 15.3 Å². The van der Waals surface area contributed by atoms with E-state index in [1.165, 1.54) is 0 Å². The average molecular weight is 355 g/mol. The van der Waals surface area contributed by atoms with Crippen molar-refractivity contribution in [3.05, 3.63) is 52.6 Å². The standard InChI is InChI=1S/C18H17N3O3S/c1-11-21-15(10-25-11)12-6-14(19-7-12)18(22)20-8-13-9-23-16-4-2-3-5-17(16)24-13/h2-7,10,13,19H,8-9H2,1H3,(H,20,22). The van der Waals surface area contributed by atoms with Crippen LogP contribution in [0.25, 0.3) is 11.3 Å². The number of hydrogen-bond acceptors (Lipinski definition) is 5. The lowest BCUT2D eigenvalue weighted by Crippen LogP contribution is -2.40. The lowest BCUT2D eigenvalue weighted by Gasteiger charge is -2.26. The largest absolute Gasteiger partial charge is 0.486 e. The molecule has 0 saturated carbocycles. The second-order valence-electron chi connectivity index (χ2n) is 5.76. The van der Waals surface area contributed by atoms with Crippen LogP contribution in [0.5, 0.6) is 11.5 Å². The number of nitrogens with zero attached hydrogens (tertiary/aromatic N) is 1. The van der Waals surface area contributed by atoms with Crippen LogP contribution in [0.3, 0.4) is 0 Å². The molecule has 0 fully saturated rings. The van der Waals surface area contributed by atoms with Gasteiger partial charge in [0.2, 0.25) is 0 Å². The van der Waals surface area contributed by atoms with Crippen molar-refractivity contribution in [1.29, 1.82) is 0 Å². The van der Waals surface area contributed by atoms with Gasteiger partial charge in [0.05, 0.1) is 17.2 Å². The fraction of sp³-hybridized carbons (Fsp3) is 0.222. The molecule has 3 aromatic rings. The highest BCUT2D eigenvalue weighted by Gasteiger charge is 2.21. The minimum absolute atomic E-state index is 0.180. The Morgan fingerprint density at radius 1 is 1.40 bits per heavy atom. The van der Waals surface area contributed by atoms with E-state index in [0.717, 1.165) is 22.0 Å². The number of fused-ring (bicyclic) bond motifs is 1. The van der Waals surface area contributed by atoms with Gasteiger partial charge in [0, 0.05) is 17.1 Å². The maximum absolute atomic E-state index is 12.3. The number of nitrogens with one attached hydrogen (secondary N) is 2. The quantitative estimate of drug-likeness (QED) is 0.754. The summed E-state index contributed by atoms with van der Waals surface area (Å²) < 4.78 is 11.5. The van der Waals surface area contributed by atoms with Gasteiger partial charge in [-0.2, -0.15) is 0 Å². The van der Waals surface area contributed by atoms with Gasteiger partial charge in [-0.05, 0) is 25.1 Å². The summed E-state index contributed by atoms with van der Waals surface area (Å²) in [4.78, 5) is 19.7. The minimum atomic E-state index is -0.213. The Kier molecular flexibility index (Phi) is 4.15. The van der Waals surface area contributed by atoms with Gasteiger partial charge in [-0.15, -0.1) is 11.3 Å². The highest BCUT2D eigenvalue weighted by molar-refractivity contribution is 7.09. The van der Waals surface area contributed by atoms with Crippen molar-refractivity contribution in [3.63, 3.8) is 0 Å². The summed E-state index contributed by atoms with van der Waals surface area (Å²) in [5, 5.41) is 5.85. The number of carbonyl (C=O) groups is 1. The van der Waals surface area contributed by atoms with Gasteiger partial charge >= 0.3 is 0 Å². The van der Waals surface area contributed by atoms with Crippen LogP contribution < -0.4 is 14.8 Å². The number of carbonyl (C=O) groups excluding carboxylic acids is 1. The molecule has 0 radical (unpaired) electrons. The molecular formula is C18H17N3O3S. The number of ether oxygens (including phenoxy) is 2. The summed E-state index contributed by atoms with van der Waals surface area (Å²) in [6, 6.07) is 9.32. The van der Waals surface area contributed by atoms with Gasteiger partial charge in [0.25, 0.3) is 5.91 Å². The third-order valence-electron chi connectivity index (χ3n) is 3.90. The first kappa shape index (κ1) is 15.7. The Labute approximate surface area is 148 Å². The van der Waals surface area contributed by atoms with E-state index in [0.29, 0.717) is 24.6 Å². The van der Waals surface area contributed by atoms with E-state index >= 15 is 0 Å². The van der Waals surface area contributed by atoms with Crippen LogP contribution >= 0.6 is 11.3 Å². The average Bonchev–Trinajstić information content (AvgIpc) is 3.28. The SMILES string of the molecule is Cc1nc(-c2c[nH]c(C(=O)NCC3COc4ccccc4O3)c2)cs1. The first-order valence-electron chi connectivity index (χ1n) is 7.96. The highest BCUT2D eigenvalue weighted by Crippen LogP contribution is 2.30. The molecule has 0 saturated heterocycles. The van der Waals surface area contributed by atoms with Gasteiger partial charge < -0.3 is 19.8 Å². The molecule has 1 aliphatic heterocycles. The van der Waals surface area contributed by atoms with Crippen molar-refractivity contribution in [3.8, 4) is 22.8 Å². The predicted molar refractivity (Wildman–Crippen MR) is 95.3 cm³/mol. The first-order chi connectivity index (χ1) is 12.2. The number of benzene rings is 1. The molecule has 0 bridgehead atoms. The van der Waals surface area contributed by atoms with E-state index in [1.54, 1.807) is 23.6 Å². The fourth-order valence-electron chi connectivity index (χ4n) is 2.63. The van der Waals surface area contributed by atoms with E-state index in [2.05, 4.69) is 15.3 Å². The smallest absolute Gasteiger partial charge is 0.267 e. The third kappa shape index (κ3) is 3.36. The Bertz CT molecular complexity index is 902. The van der Waals surface area contributed by atoms with Gasteiger partial charge in [-0.1, -0.05) is 12.1 Å². The predicted octanol–water partition coefficient (Wildman–Crippen LogP) is 3.02. The number of amides is 1. The van der Waals surface area contributed by atoms with Crippen LogP contribution in [0, 0.1) is 6.92 Å². The fourth-order valence-corrected chi connectivity index (χ4v) is 3.26. The molecule has 6 nitrogen and oxygen atoms in total.